The Morgan fingerprint density at radius 1 is 1.06 bits per heavy atom. The summed E-state index contributed by atoms with van der Waals surface area (Å²) >= 11 is 0. The number of fused-ring (bicyclic) bond motifs is 3. The minimum absolute atomic E-state index is 0.0737. The molecule has 4 rings (SSSR count). The van der Waals surface area contributed by atoms with Crippen molar-refractivity contribution in [1.29, 1.82) is 0 Å². The van der Waals surface area contributed by atoms with E-state index in [4.69, 9.17) is 9.47 Å². The number of ether oxygens (including phenoxy) is 2. The summed E-state index contributed by atoms with van der Waals surface area (Å²) in [6, 6.07) is 16.1. The number of rotatable bonds is 7. The van der Waals surface area contributed by atoms with Gasteiger partial charge in [0.1, 0.15) is 12.1 Å². The zero-order valence-electron chi connectivity index (χ0n) is 18.7. The lowest BCUT2D eigenvalue weighted by atomic mass is 9.98. The molecule has 0 saturated carbocycles. The summed E-state index contributed by atoms with van der Waals surface area (Å²) in [6.07, 6.45) is -1.06. The number of carbonyl (C=O) groups excluding carboxylic acids is 2. The van der Waals surface area contributed by atoms with Crippen molar-refractivity contribution in [3.05, 3.63) is 59.7 Å². The van der Waals surface area contributed by atoms with Gasteiger partial charge in [-0.25, -0.2) is 9.59 Å². The van der Waals surface area contributed by atoms with E-state index in [1.54, 1.807) is 13.8 Å². The Labute approximate surface area is 192 Å². The van der Waals surface area contributed by atoms with Crippen molar-refractivity contribution < 1.29 is 29.0 Å². The Kier molecular flexibility index (Phi) is 6.37. The predicted octanol–water partition coefficient (Wildman–Crippen LogP) is 2.91. The Morgan fingerprint density at radius 3 is 2.27 bits per heavy atom. The molecule has 33 heavy (non-hydrogen) atoms. The van der Waals surface area contributed by atoms with Crippen molar-refractivity contribution in [2.24, 2.45) is 5.92 Å². The molecule has 8 heteroatoms. The maximum atomic E-state index is 12.7. The first-order valence-corrected chi connectivity index (χ1v) is 11.0. The number of amides is 2. The predicted molar refractivity (Wildman–Crippen MR) is 121 cm³/mol. The summed E-state index contributed by atoms with van der Waals surface area (Å²) in [5.41, 5.74) is 3.25. The molecule has 0 radical (unpaired) electrons. The van der Waals surface area contributed by atoms with Crippen molar-refractivity contribution in [3.63, 3.8) is 0 Å². The van der Waals surface area contributed by atoms with E-state index in [0.29, 0.717) is 13.0 Å². The van der Waals surface area contributed by atoms with Crippen LogP contribution in [0.1, 0.15) is 37.3 Å². The van der Waals surface area contributed by atoms with E-state index in [1.807, 2.05) is 36.4 Å². The average Bonchev–Trinajstić information content (AvgIpc) is 3.38. The Balaban J connectivity index is 1.33. The van der Waals surface area contributed by atoms with Gasteiger partial charge in [-0.1, -0.05) is 48.5 Å². The normalized spacial score (nSPS) is 19.5. The summed E-state index contributed by atoms with van der Waals surface area (Å²) in [5, 5.41) is 14.5. The number of carbonyl (C=O) groups is 3. The molecule has 1 fully saturated rings. The fourth-order valence-corrected chi connectivity index (χ4v) is 4.51. The summed E-state index contributed by atoms with van der Waals surface area (Å²) in [5.74, 6) is -1.85. The minimum Gasteiger partial charge on any atom is -0.479 e. The van der Waals surface area contributed by atoms with Gasteiger partial charge in [-0.15, -0.1) is 0 Å². The lowest BCUT2D eigenvalue weighted by Gasteiger charge is -2.26. The van der Waals surface area contributed by atoms with Crippen LogP contribution in [0, 0.1) is 5.92 Å². The first kappa shape index (κ1) is 22.8. The molecule has 1 aliphatic heterocycles. The molecule has 2 aromatic rings. The summed E-state index contributed by atoms with van der Waals surface area (Å²) in [6.45, 7) is 3.80. The van der Waals surface area contributed by atoms with Crippen LogP contribution in [-0.4, -0.2) is 54.5 Å². The van der Waals surface area contributed by atoms with Crippen LogP contribution in [0.5, 0.6) is 0 Å². The van der Waals surface area contributed by atoms with Crippen LogP contribution in [0.4, 0.5) is 4.79 Å². The monoisotopic (exact) mass is 452 g/mol. The van der Waals surface area contributed by atoms with Gasteiger partial charge in [0.15, 0.2) is 6.10 Å². The SMILES string of the molecule is CC(C)(NC(=O)OCC1c2ccccc2-c2ccccc21)C(=O)NC[C@@H]1CCO[C@@H]1C(=O)O. The zero-order chi connectivity index (χ0) is 23.6. The standard InChI is InChI=1S/C25H28N2O6/c1-25(2,23(30)26-13-15-11-12-32-21(15)22(28)29)27-24(31)33-14-20-18-9-5-3-7-16(18)17-8-4-6-10-19(17)20/h3-10,15,20-21H,11-14H2,1-2H3,(H,26,30)(H,27,31)(H,28,29)/t15-,21-/m0/s1. The van der Waals surface area contributed by atoms with Crippen molar-refractivity contribution in [2.45, 2.75) is 37.8 Å². The van der Waals surface area contributed by atoms with Gasteiger partial charge >= 0.3 is 12.1 Å². The molecule has 1 heterocycles. The molecule has 0 spiro atoms. The van der Waals surface area contributed by atoms with Crippen LogP contribution in [0.25, 0.3) is 11.1 Å². The van der Waals surface area contributed by atoms with Gasteiger partial charge in [0, 0.05) is 25.0 Å². The average molecular weight is 453 g/mol. The lowest BCUT2D eigenvalue weighted by Crippen LogP contribution is -2.55. The molecule has 8 nitrogen and oxygen atoms in total. The van der Waals surface area contributed by atoms with Gasteiger partial charge in [-0.2, -0.15) is 0 Å². The van der Waals surface area contributed by atoms with Crippen molar-refractivity contribution in [2.75, 3.05) is 19.8 Å². The first-order valence-electron chi connectivity index (χ1n) is 11.0. The number of hydrogen-bond acceptors (Lipinski definition) is 5. The van der Waals surface area contributed by atoms with E-state index in [0.717, 1.165) is 22.3 Å². The van der Waals surface area contributed by atoms with Gasteiger partial charge < -0.3 is 25.2 Å². The number of carboxylic acid groups (broad SMARTS) is 1. The largest absolute Gasteiger partial charge is 0.479 e. The Bertz CT molecular complexity index is 1020. The first-order chi connectivity index (χ1) is 15.8. The molecule has 0 bridgehead atoms. The number of nitrogens with one attached hydrogen (secondary N) is 2. The number of benzene rings is 2. The summed E-state index contributed by atoms with van der Waals surface area (Å²) in [7, 11) is 0. The highest BCUT2D eigenvalue weighted by atomic mass is 16.5. The molecule has 2 aromatic carbocycles. The third-order valence-electron chi connectivity index (χ3n) is 6.31. The van der Waals surface area contributed by atoms with Gasteiger partial charge in [0.25, 0.3) is 0 Å². The third-order valence-corrected chi connectivity index (χ3v) is 6.31. The van der Waals surface area contributed by atoms with Crippen LogP contribution in [0.3, 0.4) is 0 Å². The van der Waals surface area contributed by atoms with Crippen LogP contribution in [-0.2, 0) is 19.1 Å². The number of aliphatic carboxylic acids is 1. The molecule has 174 valence electrons. The molecule has 2 atom stereocenters. The van der Waals surface area contributed by atoms with Gasteiger partial charge in [0.05, 0.1) is 0 Å². The van der Waals surface area contributed by atoms with Crippen LogP contribution < -0.4 is 10.6 Å². The number of carboxylic acids is 1. The molecular weight excluding hydrogens is 424 g/mol. The lowest BCUT2D eigenvalue weighted by molar-refractivity contribution is -0.149. The molecule has 0 aromatic heterocycles. The van der Waals surface area contributed by atoms with Crippen molar-refractivity contribution in [3.8, 4) is 11.1 Å². The fraction of sp³-hybridized carbons (Fsp3) is 0.400. The highest BCUT2D eigenvalue weighted by Crippen LogP contribution is 2.44. The number of alkyl carbamates (subject to hydrolysis) is 1. The molecule has 2 amide bonds. The van der Waals surface area contributed by atoms with Crippen molar-refractivity contribution >= 4 is 18.0 Å². The van der Waals surface area contributed by atoms with E-state index in [2.05, 4.69) is 22.8 Å². The summed E-state index contributed by atoms with van der Waals surface area (Å²) < 4.78 is 10.7. The van der Waals surface area contributed by atoms with Crippen LogP contribution >= 0.6 is 0 Å². The van der Waals surface area contributed by atoms with Crippen LogP contribution in [0.15, 0.2) is 48.5 Å². The smallest absolute Gasteiger partial charge is 0.408 e. The van der Waals surface area contributed by atoms with E-state index in [-0.39, 0.29) is 25.0 Å². The molecule has 2 aliphatic rings. The molecule has 0 unspecified atom stereocenters. The Hall–Kier alpha value is -3.39. The second-order valence-electron chi connectivity index (χ2n) is 8.96. The van der Waals surface area contributed by atoms with Crippen molar-refractivity contribution in [1.82, 2.24) is 10.6 Å². The quantitative estimate of drug-likeness (QED) is 0.595. The molecular formula is C25H28N2O6. The maximum Gasteiger partial charge on any atom is 0.408 e. The van der Waals surface area contributed by atoms with Gasteiger partial charge in [-0.05, 0) is 42.5 Å². The maximum absolute atomic E-state index is 12.7. The number of hydrogen-bond donors (Lipinski definition) is 3. The van der Waals surface area contributed by atoms with E-state index in [9.17, 15) is 19.5 Å². The second-order valence-corrected chi connectivity index (χ2v) is 8.96. The van der Waals surface area contributed by atoms with E-state index >= 15 is 0 Å². The zero-order valence-corrected chi connectivity index (χ0v) is 18.7. The molecule has 1 saturated heterocycles. The topological polar surface area (TPSA) is 114 Å². The minimum atomic E-state index is -1.24. The second kappa shape index (κ2) is 9.23. The summed E-state index contributed by atoms with van der Waals surface area (Å²) in [4.78, 5) is 36.4. The molecule has 3 N–H and O–H groups in total. The van der Waals surface area contributed by atoms with Crippen LogP contribution in [0.2, 0.25) is 0 Å². The highest BCUT2D eigenvalue weighted by molar-refractivity contribution is 5.89. The van der Waals surface area contributed by atoms with E-state index < -0.39 is 29.6 Å². The van der Waals surface area contributed by atoms with Gasteiger partial charge in [-0.3, -0.25) is 4.79 Å². The van der Waals surface area contributed by atoms with E-state index in [1.165, 1.54) is 0 Å². The van der Waals surface area contributed by atoms with Gasteiger partial charge in [0.2, 0.25) is 5.91 Å². The Morgan fingerprint density at radius 2 is 1.67 bits per heavy atom. The fourth-order valence-electron chi connectivity index (χ4n) is 4.51. The molecule has 1 aliphatic carbocycles. The third kappa shape index (κ3) is 4.71. The highest BCUT2D eigenvalue weighted by Gasteiger charge is 2.36.